The normalized spacial score (nSPS) is 10.6. The third kappa shape index (κ3) is 4.75. The molecule has 1 amide bonds. The van der Waals surface area contributed by atoms with Crippen molar-refractivity contribution >= 4 is 12.1 Å². The van der Waals surface area contributed by atoms with Crippen molar-refractivity contribution in [2.45, 2.75) is 0 Å². The molecule has 3 aromatic rings. The van der Waals surface area contributed by atoms with Crippen molar-refractivity contribution in [3.05, 3.63) is 95.8 Å². The maximum Gasteiger partial charge on any atom is 0.271 e. The summed E-state index contributed by atoms with van der Waals surface area (Å²) in [6.07, 6.45) is 1.51. The minimum atomic E-state index is -0.409. The van der Waals surface area contributed by atoms with Crippen molar-refractivity contribution in [3.8, 4) is 11.5 Å². The second-order valence-corrected chi connectivity index (χ2v) is 5.19. The minimum Gasteiger partial charge on any atom is -0.457 e. The molecular weight excluding hydrogens is 319 g/mol. The Hall–Kier alpha value is -3.47. The van der Waals surface area contributed by atoms with Crippen LogP contribution >= 0.6 is 0 Å². The summed E-state index contributed by atoms with van der Waals surface area (Å²) in [4.78, 5) is 11.9. The smallest absolute Gasteiger partial charge is 0.271 e. The summed E-state index contributed by atoms with van der Waals surface area (Å²) in [5.74, 6) is 0.601. The zero-order valence-electron chi connectivity index (χ0n) is 13.2. The Morgan fingerprint density at radius 1 is 0.920 bits per heavy atom. The van der Waals surface area contributed by atoms with Crippen LogP contribution in [-0.2, 0) is 0 Å². The number of carbonyl (C=O) groups excluding carboxylic acids is 1. The summed E-state index contributed by atoms with van der Waals surface area (Å²) in [5, 5.41) is 3.91. The zero-order chi connectivity index (χ0) is 17.5. The number of hydrogen-bond acceptors (Lipinski definition) is 3. The van der Waals surface area contributed by atoms with Crippen LogP contribution in [0.5, 0.6) is 11.5 Å². The van der Waals surface area contributed by atoms with Crippen molar-refractivity contribution in [3.63, 3.8) is 0 Å². The zero-order valence-corrected chi connectivity index (χ0v) is 13.2. The van der Waals surface area contributed by atoms with Crippen molar-refractivity contribution in [2.24, 2.45) is 5.10 Å². The van der Waals surface area contributed by atoms with Gasteiger partial charge in [0, 0.05) is 5.56 Å². The molecule has 0 saturated heterocycles. The molecule has 0 radical (unpaired) electrons. The molecule has 0 bridgehead atoms. The van der Waals surface area contributed by atoms with Gasteiger partial charge in [0.2, 0.25) is 0 Å². The molecule has 0 saturated carbocycles. The first-order valence-corrected chi connectivity index (χ1v) is 7.63. The maximum absolute atomic E-state index is 12.8. The highest BCUT2D eigenvalue weighted by atomic mass is 19.1. The lowest BCUT2D eigenvalue weighted by Crippen LogP contribution is -2.17. The number of ether oxygens (including phenoxy) is 1. The Morgan fingerprint density at radius 2 is 1.64 bits per heavy atom. The highest BCUT2D eigenvalue weighted by Crippen LogP contribution is 2.21. The van der Waals surface area contributed by atoms with Gasteiger partial charge in [0.05, 0.1) is 6.21 Å². The molecule has 3 aromatic carbocycles. The number of hydrazone groups is 1. The summed E-state index contributed by atoms with van der Waals surface area (Å²) in [6, 6.07) is 22.0. The fourth-order valence-electron chi connectivity index (χ4n) is 2.11. The van der Waals surface area contributed by atoms with Gasteiger partial charge in [-0.15, -0.1) is 0 Å². The Kier molecular flexibility index (Phi) is 5.16. The molecule has 1 N–H and O–H groups in total. The van der Waals surface area contributed by atoms with Crippen LogP contribution < -0.4 is 10.2 Å². The van der Waals surface area contributed by atoms with Crippen LogP contribution in [0.1, 0.15) is 15.9 Å². The standard InChI is InChI=1S/C20H15FN2O2/c21-17-11-9-16(10-12-17)20(24)23-22-14-15-5-4-8-19(13-15)25-18-6-2-1-3-7-18/h1-14H,(H,23,24)/b22-14+. The molecule has 0 aliphatic heterocycles. The number of nitrogens with zero attached hydrogens (tertiary/aromatic N) is 1. The van der Waals surface area contributed by atoms with E-state index in [2.05, 4.69) is 10.5 Å². The SMILES string of the molecule is O=C(N/N=C/c1cccc(Oc2ccccc2)c1)c1ccc(F)cc1. The number of amides is 1. The summed E-state index contributed by atoms with van der Waals surface area (Å²) >= 11 is 0. The lowest BCUT2D eigenvalue weighted by molar-refractivity contribution is 0.0955. The average Bonchev–Trinajstić information content (AvgIpc) is 2.63. The first kappa shape index (κ1) is 16.4. The number of para-hydroxylation sites is 1. The van der Waals surface area contributed by atoms with E-state index >= 15 is 0 Å². The third-order valence-corrected chi connectivity index (χ3v) is 3.32. The van der Waals surface area contributed by atoms with Crippen molar-refractivity contribution in [1.82, 2.24) is 5.43 Å². The van der Waals surface area contributed by atoms with Crippen molar-refractivity contribution in [1.29, 1.82) is 0 Å². The molecule has 0 aliphatic carbocycles. The fraction of sp³-hybridized carbons (Fsp3) is 0. The molecule has 25 heavy (non-hydrogen) atoms. The molecule has 4 nitrogen and oxygen atoms in total. The molecule has 3 rings (SSSR count). The predicted molar refractivity (Wildman–Crippen MR) is 94.4 cm³/mol. The molecule has 124 valence electrons. The van der Waals surface area contributed by atoms with Gasteiger partial charge >= 0.3 is 0 Å². The van der Waals surface area contributed by atoms with E-state index in [0.29, 0.717) is 11.3 Å². The maximum atomic E-state index is 12.8. The summed E-state index contributed by atoms with van der Waals surface area (Å²) in [7, 11) is 0. The average molecular weight is 334 g/mol. The largest absolute Gasteiger partial charge is 0.457 e. The quantitative estimate of drug-likeness (QED) is 0.556. The van der Waals surface area contributed by atoms with Gasteiger partial charge in [-0.1, -0.05) is 30.3 Å². The van der Waals surface area contributed by atoms with E-state index in [1.165, 1.54) is 30.5 Å². The van der Waals surface area contributed by atoms with Gasteiger partial charge < -0.3 is 4.74 Å². The predicted octanol–water partition coefficient (Wildman–Crippen LogP) is 4.38. The van der Waals surface area contributed by atoms with E-state index in [-0.39, 0.29) is 0 Å². The first-order valence-electron chi connectivity index (χ1n) is 7.63. The lowest BCUT2D eigenvalue weighted by atomic mass is 10.2. The molecule has 0 aromatic heterocycles. The van der Waals surface area contributed by atoms with E-state index in [1.807, 2.05) is 48.5 Å². The van der Waals surface area contributed by atoms with Gasteiger partial charge in [-0.25, -0.2) is 9.82 Å². The fourth-order valence-corrected chi connectivity index (χ4v) is 2.11. The van der Waals surface area contributed by atoms with Crippen LogP contribution in [0.3, 0.4) is 0 Å². The summed E-state index contributed by atoms with van der Waals surface area (Å²) in [5.41, 5.74) is 3.51. The number of hydrogen-bond donors (Lipinski definition) is 1. The van der Waals surface area contributed by atoms with Crippen LogP contribution in [0.2, 0.25) is 0 Å². The molecule has 0 fully saturated rings. The van der Waals surface area contributed by atoms with Crippen molar-refractivity contribution in [2.75, 3.05) is 0 Å². The van der Waals surface area contributed by atoms with Gasteiger partial charge in [-0.05, 0) is 54.1 Å². The molecule has 0 spiro atoms. The van der Waals surface area contributed by atoms with Gasteiger partial charge in [0.15, 0.2) is 0 Å². The van der Waals surface area contributed by atoms with E-state index in [4.69, 9.17) is 4.74 Å². The van der Waals surface area contributed by atoms with Gasteiger partial charge in [-0.3, -0.25) is 4.79 Å². The van der Waals surface area contributed by atoms with E-state index in [1.54, 1.807) is 6.07 Å². The Bertz CT molecular complexity index is 878. The highest BCUT2D eigenvalue weighted by molar-refractivity contribution is 5.94. The van der Waals surface area contributed by atoms with Gasteiger partial charge in [-0.2, -0.15) is 5.10 Å². The van der Waals surface area contributed by atoms with Gasteiger partial charge in [0.1, 0.15) is 17.3 Å². The summed E-state index contributed by atoms with van der Waals surface area (Å²) < 4.78 is 18.6. The first-order chi connectivity index (χ1) is 12.2. The van der Waals surface area contributed by atoms with Crippen LogP contribution in [0.25, 0.3) is 0 Å². The Morgan fingerprint density at radius 3 is 2.40 bits per heavy atom. The number of rotatable bonds is 5. The Balaban J connectivity index is 1.62. The number of halogens is 1. The van der Waals surface area contributed by atoms with E-state index in [0.717, 1.165) is 11.3 Å². The molecule has 0 atom stereocenters. The third-order valence-electron chi connectivity index (χ3n) is 3.32. The van der Waals surface area contributed by atoms with Crippen LogP contribution in [0.15, 0.2) is 84.0 Å². The monoisotopic (exact) mass is 334 g/mol. The molecule has 0 aliphatic rings. The Labute approximate surface area is 144 Å². The van der Waals surface area contributed by atoms with Crippen LogP contribution in [-0.4, -0.2) is 12.1 Å². The highest BCUT2D eigenvalue weighted by Gasteiger charge is 2.03. The van der Waals surface area contributed by atoms with Crippen LogP contribution in [0.4, 0.5) is 4.39 Å². The van der Waals surface area contributed by atoms with E-state index < -0.39 is 11.7 Å². The molecule has 0 heterocycles. The minimum absolute atomic E-state index is 0.333. The topological polar surface area (TPSA) is 50.7 Å². The number of nitrogens with one attached hydrogen (secondary N) is 1. The second kappa shape index (κ2) is 7.88. The van der Waals surface area contributed by atoms with Crippen molar-refractivity contribution < 1.29 is 13.9 Å². The number of benzene rings is 3. The summed E-state index contributed by atoms with van der Waals surface area (Å²) in [6.45, 7) is 0. The second-order valence-electron chi connectivity index (χ2n) is 5.19. The molecule has 5 heteroatoms. The van der Waals surface area contributed by atoms with E-state index in [9.17, 15) is 9.18 Å². The molecule has 0 unspecified atom stereocenters. The lowest BCUT2D eigenvalue weighted by Gasteiger charge is -2.05. The van der Waals surface area contributed by atoms with Gasteiger partial charge in [0.25, 0.3) is 5.91 Å². The van der Waals surface area contributed by atoms with Crippen LogP contribution in [0, 0.1) is 5.82 Å². The molecular formula is C20H15FN2O2. The number of carbonyl (C=O) groups is 1.